The third kappa shape index (κ3) is 3.45. The molecule has 0 bridgehead atoms. The first-order chi connectivity index (χ1) is 9.58. The molecule has 3 N–H and O–H groups in total. The van der Waals surface area contributed by atoms with Gasteiger partial charge >= 0.3 is 12.0 Å². The van der Waals surface area contributed by atoms with Gasteiger partial charge in [0.1, 0.15) is 5.82 Å². The van der Waals surface area contributed by atoms with E-state index in [-0.39, 0.29) is 17.3 Å². The molecule has 1 atom stereocenters. The van der Waals surface area contributed by atoms with E-state index in [4.69, 9.17) is 9.84 Å². The van der Waals surface area contributed by atoms with Gasteiger partial charge in [0.05, 0.1) is 23.9 Å². The van der Waals surface area contributed by atoms with Gasteiger partial charge in [-0.1, -0.05) is 6.07 Å². The number of ether oxygens (including phenoxy) is 1. The third-order valence-corrected chi connectivity index (χ3v) is 2.98. The van der Waals surface area contributed by atoms with Crippen molar-refractivity contribution in [3.05, 3.63) is 29.6 Å². The van der Waals surface area contributed by atoms with Gasteiger partial charge < -0.3 is 20.5 Å². The number of nitrogens with one attached hydrogen (secondary N) is 2. The topological polar surface area (TPSA) is 87.7 Å². The summed E-state index contributed by atoms with van der Waals surface area (Å²) in [5.74, 6) is -2.10. The summed E-state index contributed by atoms with van der Waals surface area (Å²) in [6, 6.07) is 2.80. The molecule has 7 heteroatoms. The summed E-state index contributed by atoms with van der Waals surface area (Å²) in [5.41, 5.74) is -0.630. The van der Waals surface area contributed by atoms with Gasteiger partial charge in [0, 0.05) is 6.61 Å². The van der Waals surface area contributed by atoms with Crippen LogP contribution < -0.4 is 10.6 Å². The van der Waals surface area contributed by atoms with Crippen molar-refractivity contribution in [2.45, 2.75) is 18.9 Å². The number of halogens is 1. The number of para-hydroxylation sites is 1. The predicted octanol–water partition coefficient (Wildman–Crippen LogP) is 1.82. The molecule has 2 rings (SSSR count). The number of urea groups is 1. The minimum atomic E-state index is -1.30. The summed E-state index contributed by atoms with van der Waals surface area (Å²) in [7, 11) is 0. The van der Waals surface area contributed by atoms with Gasteiger partial charge in [0.25, 0.3) is 0 Å². The average Bonchev–Trinajstić information content (AvgIpc) is 2.42. The normalized spacial score (nSPS) is 18.4. The molecular formula is C13H15FN2O4. The summed E-state index contributed by atoms with van der Waals surface area (Å²) in [6.07, 6.45) is 1.61. The van der Waals surface area contributed by atoms with E-state index >= 15 is 0 Å². The Bertz CT molecular complexity index is 515. The van der Waals surface area contributed by atoms with Crippen LogP contribution in [0.1, 0.15) is 23.2 Å². The van der Waals surface area contributed by atoms with Crippen molar-refractivity contribution in [2.75, 3.05) is 18.5 Å². The van der Waals surface area contributed by atoms with E-state index < -0.39 is 17.8 Å². The number of anilines is 1. The van der Waals surface area contributed by atoms with Crippen molar-refractivity contribution in [2.24, 2.45) is 0 Å². The zero-order valence-corrected chi connectivity index (χ0v) is 10.7. The fraction of sp³-hybridized carbons (Fsp3) is 0.385. The molecule has 1 heterocycles. The fourth-order valence-corrected chi connectivity index (χ4v) is 2.02. The second kappa shape index (κ2) is 6.33. The number of rotatable bonds is 3. The van der Waals surface area contributed by atoms with Gasteiger partial charge in [0.2, 0.25) is 0 Å². The summed E-state index contributed by atoms with van der Waals surface area (Å²) in [5, 5.41) is 13.8. The van der Waals surface area contributed by atoms with Crippen molar-refractivity contribution >= 4 is 17.7 Å². The Kier molecular flexibility index (Phi) is 4.52. The van der Waals surface area contributed by atoms with Crippen molar-refractivity contribution in [3.8, 4) is 0 Å². The summed E-state index contributed by atoms with van der Waals surface area (Å²) in [4.78, 5) is 22.8. The van der Waals surface area contributed by atoms with Crippen LogP contribution in [0.25, 0.3) is 0 Å². The summed E-state index contributed by atoms with van der Waals surface area (Å²) in [6.45, 7) is 1.06. The minimum Gasteiger partial charge on any atom is -0.478 e. The van der Waals surface area contributed by atoms with Crippen LogP contribution in [0.5, 0.6) is 0 Å². The van der Waals surface area contributed by atoms with Crippen molar-refractivity contribution in [3.63, 3.8) is 0 Å². The Morgan fingerprint density at radius 3 is 2.85 bits per heavy atom. The minimum absolute atomic E-state index is 0.149. The molecule has 1 aliphatic heterocycles. The lowest BCUT2D eigenvalue weighted by Crippen LogP contribution is -2.43. The van der Waals surface area contributed by atoms with Gasteiger partial charge in [-0.05, 0) is 25.0 Å². The molecule has 0 aliphatic carbocycles. The van der Waals surface area contributed by atoms with E-state index in [1.54, 1.807) is 0 Å². The maximum atomic E-state index is 13.6. The molecule has 20 heavy (non-hydrogen) atoms. The summed E-state index contributed by atoms with van der Waals surface area (Å²) >= 11 is 0. The van der Waals surface area contributed by atoms with Crippen LogP contribution in [0.4, 0.5) is 14.9 Å². The van der Waals surface area contributed by atoms with Crippen molar-refractivity contribution < 1.29 is 23.8 Å². The number of amides is 2. The van der Waals surface area contributed by atoms with Crippen LogP contribution in [0, 0.1) is 5.82 Å². The van der Waals surface area contributed by atoms with E-state index in [2.05, 4.69) is 10.6 Å². The van der Waals surface area contributed by atoms with Crippen LogP contribution in [0.15, 0.2) is 18.2 Å². The van der Waals surface area contributed by atoms with Gasteiger partial charge in [-0.3, -0.25) is 0 Å². The second-order valence-corrected chi connectivity index (χ2v) is 4.48. The molecule has 1 aliphatic rings. The number of aromatic carboxylic acids is 1. The monoisotopic (exact) mass is 282 g/mol. The largest absolute Gasteiger partial charge is 0.478 e. The second-order valence-electron chi connectivity index (χ2n) is 4.48. The lowest BCUT2D eigenvalue weighted by Gasteiger charge is -2.23. The number of carboxylic acid groups (broad SMARTS) is 1. The van der Waals surface area contributed by atoms with Crippen LogP contribution >= 0.6 is 0 Å². The molecule has 108 valence electrons. The Balaban J connectivity index is 2.05. The highest BCUT2D eigenvalue weighted by Crippen LogP contribution is 2.20. The standard InChI is InChI=1S/C13H15FN2O4/c14-10-5-1-4-9(12(17)18)11(10)16-13(19)15-8-3-2-6-20-7-8/h1,4-5,8H,2-3,6-7H2,(H,17,18)(H2,15,16,19). The van der Waals surface area contributed by atoms with Gasteiger partial charge in [-0.2, -0.15) is 0 Å². The van der Waals surface area contributed by atoms with Gasteiger partial charge in [-0.25, -0.2) is 14.0 Å². The fourth-order valence-electron chi connectivity index (χ4n) is 2.02. The van der Waals surface area contributed by atoms with Crippen LogP contribution in [-0.2, 0) is 4.74 Å². The molecule has 1 aromatic rings. The van der Waals surface area contributed by atoms with E-state index in [9.17, 15) is 14.0 Å². The smallest absolute Gasteiger partial charge is 0.337 e. The molecule has 0 radical (unpaired) electrons. The zero-order valence-electron chi connectivity index (χ0n) is 10.7. The highest BCUT2D eigenvalue weighted by molar-refractivity contribution is 6.00. The first kappa shape index (κ1) is 14.3. The van der Waals surface area contributed by atoms with Gasteiger partial charge in [-0.15, -0.1) is 0 Å². The molecule has 2 amide bonds. The molecule has 1 unspecified atom stereocenters. The average molecular weight is 282 g/mol. The molecule has 0 saturated carbocycles. The van der Waals surface area contributed by atoms with Crippen LogP contribution in [-0.4, -0.2) is 36.4 Å². The third-order valence-electron chi connectivity index (χ3n) is 2.98. The Morgan fingerprint density at radius 1 is 1.40 bits per heavy atom. The van der Waals surface area contributed by atoms with Crippen LogP contribution in [0.3, 0.4) is 0 Å². The van der Waals surface area contributed by atoms with E-state index in [0.717, 1.165) is 18.9 Å². The van der Waals surface area contributed by atoms with Crippen molar-refractivity contribution in [1.82, 2.24) is 5.32 Å². The highest BCUT2D eigenvalue weighted by Gasteiger charge is 2.19. The van der Waals surface area contributed by atoms with E-state index in [1.807, 2.05) is 0 Å². The first-order valence-electron chi connectivity index (χ1n) is 6.25. The highest BCUT2D eigenvalue weighted by atomic mass is 19.1. The maximum Gasteiger partial charge on any atom is 0.337 e. The number of carbonyl (C=O) groups is 2. The number of hydrogen-bond donors (Lipinski definition) is 3. The lowest BCUT2D eigenvalue weighted by molar-refractivity contribution is 0.0697. The van der Waals surface area contributed by atoms with E-state index in [1.165, 1.54) is 12.1 Å². The first-order valence-corrected chi connectivity index (χ1v) is 6.25. The maximum absolute atomic E-state index is 13.6. The zero-order chi connectivity index (χ0) is 14.5. The van der Waals surface area contributed by atoms with Gasteiger partial charge in [0.15, 0.2) is 0 Å². The number of carbonyl (C=O) groups excluding carboxylic acids is 1. The number of carboxylic acids is 1. The molecular weight excluding hydrogens is 267 g/mol. The van der Waals surface area contributed by atoms with E-state index in [0.29, 0.717) is 13.2 Å². The Morgan fingerprint density at radius 2 is 2.20 bits per heavy atom. The Labute approximate surface area is 114 Å². The van der Waals surface area contributed by atoms with Crippen LogP contribution in [0.2, 0.25) is 0 Å². The molecule has 0 aromatic heterocycles. The van der Waals surface area contributed by atoms with Crippen molar-refractivity contribution in [1.29, 1.82) is 0 Å². The molecule has 6 nitrogen and oxygen atoms in total. The predicted molar refractivity (Wildman–Crippen MR) is 69.4 cm³/mol. The molecule has 1 saturated heterocycles. The molecule has 0 spiro atoms. The number of hydrogen-bond acceptors (Lipinski definition) is 3. The summed E-state index contributed by atoms with van der Waals surface area (Å²) < 4.78 is 18.8. The quantitative estimate of drug-likeness (QED) is 0.789. The molecule has 1 aromatic carbocycles. The Hall–Kier alpha value is -2.15. The molecule has 1 fully saturated rings. The SMILES string of the molecule is O=C(Nc1c(F)cccc1C(=O)O)NC1CCCOC1. The number of benzene rings is 1. The lowest BCUT2D eigenvalue weighted by atomic mass is 10.1.